The third kappa shape index (κ3) is 4.30. The van der Waals surface area contributed by atoms with Crippen LogP contribution in [0.1, 0.15) is 38.7 Å². The van der Waals surface area contributed by atoms with Crippen molar-refractivity contribution < 1.29 is 18.6 Å². The fourth-order valence-electron chi connectivity index (χ4n) is 1.87. The van der Waals surface area contributed by atoms with Gasteiger partial charge < -0.3 is 10.2 Å². The van der Waals surface area contributed by atoms with Gasteiger partial charge in [-0.2, -0.15) is 0 Å². The Balaban J connectivity index is 2.82. The molecule has 0 aliphatic rings. The third-order valence-corrected chi connectivity index (χ3v) is 5.09. The molecule has 1 rings (SSSR count). The van der Waals surface area contributed by atoms with Crippen molar-refractivity contribution in [1.82, 2.24) is 0 Å². The fourth-order valence-corrected chi connectivity index (χ4v) is 2.75. The molecule has 0 heterocycles. The quantitative estimate of drug-likeness (QED) is 0.835. The summed E-state index contributed by atoms with van der Waals surface area (Å²) >= 11 is 0. The van der Waals surface area contributed by atoms with Gasteiger partial charge in [0, 0.05) is 0 Å². The first kappa shape index (κ1) is 16.1. The van der Waals surface area contributed by atoms with E-state index < -0.39 is 22.0 Å². The fraction of sp³-hybridized carbons (Fsp3) is 0.571. The second kappa shape index (κ2) is 6.50. The lowest BCUT2D eigenvalue weighted by molar-refractivity contribution is 0.0227. The van der Waals surface area contributed by atoms with Crippen molar-refractivity contribution >= 4 is 9.84 Å². The minimum atomic E-state index is -3.17. The molecule has 108 valence electrons. The van der Waals surface area contributed by atoms with Gasteiger partial charge in [-0.05, 0) is 37.0 Å². The predicted octanol–water partition coefficient (Wildman–Crippen LogP) is 1.72. The van der Waals surface area contributed by atoms with Crippen molar-refractivity contribution in [3.8, 4) is 0 Å². The van der Waals surface area contributed by atoms with Crippen molar-refractivity contribution in [1.29, 1.82) is 0 Å². The van der Waals surface area contributed by atoms with Crippen molar-refractivity contribution in [3.63, 3.8) is 0 Å². The van der Waals surface area contributed by atoms with Crippen LogP contribution in [0.2, 0.25) is 0 Å². The first-order chi connectivity index (χ1) is 8.77. The molecular weight excluding hydrogens is 264 g/mol. The summed E-state index contributed by atoms with van der Waals surface area (Å²) in [5, 5.41) is 18.9. The third-order valence-electron chi connectivity index (χ3n) is 3.34. The molecule has 0 bridgehead atoms. The zero-order valence-electron chi connectivity index (χ0n) is 11.6. The number of aliphatic hydroxyl groups excluding tert-OH is 2. The maximum atomic E-state index is 11.7. The Morgan fingerprint density at radius 1 is 1.11 bits per heavy atom. The van der Waals surface area contributed by atoms with Gasteiger partial charge in [0.05, 0.1) is 22.9 Å². The number of rotatable bonds is 6. The van der Waals surface area contributed by atoms with Crippen LogP contribution in [-0.2, 0) is 9.84 Å². The molecule has 0 aromatic heterocycles. The van der Waals surface area contributed by atoms with E-state index in [1.54, 1.807) is 38.1 Å². The highest BCUT2D eigenvalue weighted by Crippen LogP contribution is 2.23. The van der Waals surface area contributed by atoms with Crippen LogP contribution >= 0.6 is 0 Å². The molecule has 2 N–H and O–H groups in total. The molecule has 0 spiro atoms. The first-order valence-corrected chi connectivity index (χ1v) is 8.12. The zero-order valence-corrected chi connectivity index (χ0v) is 12.4. The predicted molar refractivity (Wildman–Crippen MR) is 74.9 cm³/mol. The highest BCUT2D eigenvalue weighted by molar-refractivity contribution is 7.91. The summed E-state index contributed by atoms with van der Waals surface area (Å²) in [5.74, 6) is 0.144. The summed E-state index contributed by atoms with van der Waals surface area (Å²) < 4.78 is 23.4. The highest BCUT2D eigenvalue weighted by atomic mass is 32.2. The van der Waals surface area contributed by atoms with E-state index in [1.165, 1.54) is 0 Å². The van der Waals surface area contributed by atoms with E-state index in [1.807, 2.05) is 6.92 Å². The number of aliphatic hydroxyl groups is 2. The Labute approximate surface area is 115 Å². The standard InChI is InChI=1S/C14H22O4S/c1-4-19(17,18)13-7-5-12(6-8-13)10(2)9-14(16)11(3)15/h5-8,10-11,14-16H,4,9H2,1-3H3. The van der Waals surface area contributed by atoms with Crippen LogP contribution in [0.25, 0.3) is 0 Å². The summed E-state index contributed by atoms with van der Waals surface area (Å²) in [6, 6.07) is 6.72. The van der Waals surface area contributed by atoms with Gasteiger partial charge in [0.15, 0.2) is 9.84 Å². The summed E-state index contributed by atoms with van der Waals surface area (Å²) in [5.41, 5.74) is 0.953. The summed E-state index contributed by atoms with van der Waals surface area (Å²) in [6.07, 6.45) is -1.09. The van der Waals surface area contributed by atoms with E-state index in [0.29, 0.717) is 11.3 Å². The summed E-state index contributed by atoms with van der Waals surface area (Å²) in [6.45, 7) is 5.11. The molecule has 0 amide bonds. The summed E-state index contributed by atoms with van der Waals surface area (Å²) in [7, 11) is -3.17. The Kier molecular flexibility index (Phi) is 5.52. The van der Waals surface area contributed by atoms with Gasteiger partial charge in [-0.15, -0.1) is 0 Å². The van der Waals surface area contributed by atoms with Crippen LogP contribution in [0, 0.1) is 0 Å². The molecule has 0 saturated heterocycles. The highest BCUT2D eigenvalue weighted by Gasteiger charge is 2.17. The molecule has 1 aromatic carbocycles. The van der Waals surface area contributed by atoms with Crippen LogP contribution in [0.3, 0.4) is 0 Å². The van der Waals surface area contributed by atoms with Crippen molar-refractivity contribution in [3.05, 3.63) is 29.8 Å². The van der Waals surface area contributed by atoms with E-state index in [-0.39, 0.29) is 11.7 Å². The number of sulfone groups is 1. The average molecular weight is 286 g/mol. The van der Waals surface area contributed by atoms with E-state index in [4.69, 9.17) is 0 Å². The normalized spacial score (nSPS) is 16.9. The lowest BCUT2D eigenvalue weighted by Crippen LogP contribution is -2.24. The Bertz CT molecular complexity index is 491. The molecule has 0 fully saturated rings. The minimum absolute atomic E-state index is 0.0583. The number of hydrogen-bond acceptors (Lipinski definition) is 4. The van der Waals surface area contributed by atoms with Gasteiger partial charge in [-0.3, -0.25) is 0 Å². The molecule has 0 aliphatic heterocycles. The molecule has 3 unspecified atom stereocenters. The summed E-state index contributed by atoms with van der Waals surface area (Å²) in [4.78, 5) is 0.321. The molecule has 19 heavy (non-hydrogen) atoms. The average Bonchev–Trinajstić information content (AvgIpc) is 2.38. The second-order valence-corrected chi connectivity index (χ2v) is 7.20. The topological polar surface area (TPSA) is 74.6 Å². The lowest BCUT2D eigenvalue weighted by Gasteiger charge is -2.19. The molecular formula is C14H22O4S. The van der Waals surface area contributed by atoms with E-state index in [0.717, 1.165) is 5.56 Å². The Hall–Kier alpha value is -0.910. The first-order valence-electron chi connectivity index (χ1n) is 6.46. The zero-order chi connectivity index (χ0) is 14.6. The molecule has 0 saturated carbocycles. The van der Waals surface area contributed by atoms with Crippen LogP contribution in [0.15, 0.2) is 29.2 Å². The minimum Gasteiger partial charge on any atom is -0.391 e. The molecule has 0 aliphatic carbocycles. The van der Waals surface area contributed by atoms with Gasteiger partial charge in [-0.25, -0.2) is 8.42 Å². The van der Waals surface area contributed by atoms with Gasteiger partial charge in [-0.1, -0.05) is 26.0 Å². The molecule has 5 heteroatoms. The van der Waals surface area contributed by atoms with Gasteiger partial charge in [0.25, 0.3) is 0 Å². The molecule has 4 nitrogen and oxygen atoms in total. The number of hydrogen-bond donors (Lipinski definition) is 2. The van der Waals surface area contributed by atoms with Crippen molar-refractivity contribution in [2.75, 3.05) is 5.75 Å². The van der Waals surface area contributed by atoms with E-state index >= 15 is 0 Å². The lowest BCUT2D eigenvalue weighted by atomic mass is 9.93. The van der Waals surface area contributed by atoms with Crippen LogP contribution < -0.4 is 0 Å². The van der Waals surface area contributed by atoms with Gasteiger partial charge in [0.1, 0.15) is 0 Å². The van der Waals surface area contributed by atoms with Gasteiger partial charge >= 0.3 is 0 Å². The molecule has 3 atom stereocenters. The van der Waals surface area contributed by atoms with E-state index in [9.17, 15) is 18.6 Å². The van der Waals surface area contributed by atoms with Crippen molar-refractivity contribution in [2.45, 2.75) is 50.2 Å². The maximum absolute atomic E-state index is 11.7. The molecule has 0 radical (unpaired) electrons. The van der Waals surface area contributed by atoms with Crippen LogP contribution in [-0.4, -0.2) is 36.6 Å². The Morgan fingerprint density at radius 3 is 2.05 bits per heavy atom. The van der Waals surface area contributed by atoms with Crippen molar-refractivity contribution in [2.24, 2.45) is 0 Å². The molecule has 1 aromatic rings. The van der Waals surface area contributed by atoms with Gasteiger partial charge in [0.2, 0.25) is 0 Å². The largest absolute Gasteiger partial charge is 0.391 e. The maximum Gasteiger partial charge on any atom is 0.178 e. The number of benzene rings is 1. The van der Waals surface area contributed by atoms with Crippen LogP contribution in [0.5, 0.6) is 0 Å². The second-order valence-electron chi connectivity index (χ2n) is 4.92. The monoisotopic (exact) mass is 286 g/mol. The van der Waals surface area contributed by atoms with Crippen LogP contribution in [0.4, 0.5) is 0 Å². The SMILES string of the molecule is CCS(=O)(=O)c1ccc(C(C)CC(O)C(C)O)cc1. The van der Waals surface area contributed by atoms with E-state index in [2.05, 4.69) is 0 Å². The Morgan fingerprint density at radius 2 is 1.63 bits per heavy atom. The smallest absolute Gasteiger partial charge is 0.178 e.